The molecule has 0 aromatic rings. The number of carbonyl (C=O) groups excluding carboxylic acids is 1. The van der Waals surface area contributed by atoms with Crippen LogP contribution in [0, 0.1) is 5.41 Å². The van der Waals surface area contributed by atoms with Crippen LogP contribution in [0.1, 0.15) is 12.8 Å². The van der Waals surface area contributed by atoms with Crippen LogP contribution in [0.3, 0.4) is 0 Å². The normalized spacial score (nSPS) is 29.4. The fourth-order valence-electron chi connectivity index (χ4n) is 2.64. The highest BCUT2D eigenvalue weighted by molar-refractivity contribution is 5.86. The average molecular weight is 228 g/mol. The topological polar surface area (TPSA) is 81.1 Å². The van der Waals surface area contributed by atoms with Crippen molar-refractivity contribution in [1.82, 2.24) is 9.80 Å². The lowest BCUT2D eigenvalue weighted by atomic mass is 9.85. The van der Waals surface area contributed by atoms with Crippen molar-refractivity contribution in [1.29, 1.82) is 0 Å². The fourth-order valence-corrected chi connectivity index (χ4v) is 2.64. The van der Waals surface area contributed by atoms with Crippen molar-refractivity contribution >= 4 is 12.0 Å². The average Bonchev–Trinajstić information content (AvgIpc) is 2.80. The van der Waals surface area contributed by atoms with Crippen molar-refractivity contribution in [3.05, 3.63) is 0 Å². The van der Waals surface area contributed by atoms with Gasteiger partial charge in [-0.3, -0.25) is 4.79 Å². The third-order valence-corrected chi connectivity index (χ3v) is 3.60. The van der Waals surface area contributed by atoms with Crippen LogP contribution in [0.25, 0.3) is 0 Å². The Morgan fingerprint density at radius 3 is 2.62 bits per heavy atom. The third-order valence-electron chi connectivity index (χ3n) is 3.60. The summed E-state index contributed by atoms with van der Waals surface area (Å²) in [6.07, 6.45) is 0.362. The molecule has 2 saturated heterocycles. The van der Waals surface area contributed by atoms with Gasteiger partial charge in [-0.1, -0.05) is 0 Å². The summed E-state index contributed by atoms with van der Waals surface area (Å²) >= 11 is 0. The number of carboxylic acid groups (broad SMARTS) is 1. The molecular weight excluding hydrogens is 212 g/mol. The molecule has 2 fully saturated rings. The van der Waals surface area contributed by atoms with Crippen LogP contribution in [0.5, 0.6) is 0 Å². The Morgan fingerprint density at radius 2 is 2.06 bits per heavy atom. The lowest BCUT2D eigenvalue weighted by Crippen LogP contribution is -2.38. The summed E-state index contributed by atoms with van der Waals surface area (Å²) in [7, 11) is 0. The third kappa shape index (κ3) is 1.63. The Hall–Kier alpha value is -1.30. The first-order chi connectivity index (χ1) is 7.59. The summed E-state index contributed by atoms with van der Waals surface area (Å²) in [5, 5.41) is 17.7. The van der Waals surface area contributed by atoms with Crippen LogP contribution >= 0.6 is 0 Å². The van der Waals surface area contributed by atoms with Crippen molar-refractivity contribution in [3.63, 3.8) is 0 Å². The lowest BCUT2D eigenvalue weighted by Gasteiger charge is -2.22. The molecule has 2 aliphatic heterocycles. The minimum atomic E-state index is -0.953. The molecule has 2 heterocycles. The number of nitrogens with zero attached hydrogens (tertiary/aromatic N) is 2. The highest BCUT2D eigenvalue weighted by Crippen LogP contribution is 2.40. The molecule has 0 aromatic heterocycles. The number of hydrogen-bond acceptors (Lipinski definition) is 3. The first-order valence-corrected chi connectivity index (χ1v) is 5.47. The molecule has 0 aliphatic carbocycles. The quantitative estimate of drug-likeness (QED) is 0.672. The van der Waals surface area contributed by atoms with Crippen LogP contribution in [0.15, 0.2) is 0 Å². The molecule has 0 aromatic carbocycles. The maximum atomic E-state index is 12.1. The number of β-amino-alcohol motifs (C(OH)–C–C–N with tert-alkyl or cyclic N) is 1. The molecule has 1 spiro atoms. The van der Waals surface area contributed by atoms with E-state index in [9.17, 15) is 9.59 Å². The van der Waals surface area contributed by atoms with Gasteiger partial charge in [-0.2, -0.15) is 0 Å². The summed E-state index contributed by atoms with van der Waals surface area (Å²) in [5.41, 5.74) is -0.506. The maximum absolute atomic E-state index is 12.1. The van der Waals surface area contributed by atoms with E-state index in [1.165, 1.54) is 4.90 Å². The molecular formula is C10H16N2O4. The van der Waals surface area contributed by atoms with Gasteiger partial charge < -0.3 is 20.0 Å². The van der Waals surface area contributed by atoms with E-state index in [2.05, 4.69) is 0 Å². The molecule has 2 amide bonds. The van der Waals surface area contributed by atoms with Gasteiger partial charge in [0.2, 0.25) is 5.91 Å². The van der Waals surface area contributed by atoms with Gasteiger partial charge in [0.25, 0.3) is 0 Å². The number of rotatable bonds is 2. The van der Waals surface area contributed by atoms with Gasteiger partial charge in [0, 0.05) is 26.2 Å². The molecule has 0 bridgehead atoms. The zero-order chi connectivity index (χ0) is 11.8. The molecule has 0 saturated carbocycles. The number of aliphatic hydroxyl groups excluding tert-OH is 1. The summed E-state index contributed by atoms with van der Waals surface area (Å²) in [5.74, 6) is 0.00491. The van der Waals surface area contributed by atoms with Gasteiger partial charge in [-0.15, -0.1) is 0 Å². The zero-order valence-electron chi connectivity index (χ0n) is 9.06. The molecule has 90 valence electrons. The van der Waals surface area contributed by atoms with Gasteiger partial charge in [-0.05, 0) is 12.8 Å². The van der Waals surface area contributed by atoms with Crippen molar-refractivity contribution < 1.29 is 19.8 Å². The summed E-state index contributed by atoms with van der Waals surface area (Å²) in [6, 6.07) is 0. The van der Waals surface area contributed by atoms with Crippen molar-refractivity contribution in [2.24, 2.45) is 5.41 Å². The van der Waals surface area contributed by atoms with Gasteiger partial charge in [-0.25, -0.2) is 4.79 Å². The summed E-state index contributed by atoms with van der Waals surface area (Å²) in [6.45, 7) is 1.70. The van der Waals surface area contributed by atoms with Gasteiger partial charge in [0.15, 0.2) is 0 Å². The second-order valence-electron chi connectivity index (χ2n) is 4.50. The lowest BCUT2D eigenvalue weighted by molar-refractivity contribution is -0.135. The first kappa shape index (κ1) is 11.2. The Labute approximate surface area is 93.4 Å². The number of amides is 2. The highest BCUT2D eigenvalue weighted by atomic mass is 16.4. The number of hydrogen-bond donors (Lipinski definition) is 2. The molecule has 2 aliphatic rings. The SMILES string of the molecule is O=C(O)N1CCC2(CCN(CCO)C2=O)C1. The number of aliphatic hydroxyl groups is 1. The van der Waals surface area contributed by atoms with Crippen LogP contribution in [-0.4, -0.2) is 64.8 Å². The van der Waals surface area contributed by atoms with Crippen LogP contribution in [0.4, 0.5) is 4.79 Å². The predicted octanol–water partition coefficient (Wildman–Crippen LogP) is -0.419. The molecule has 6 heteroatoms. The number of likely N-dealkylation sites (tertiary alicyclic amines) is 2. The highest BCUT2D eigenvalue weighted by Gasteiger charge is 2.51. The van der Waals surface area contributed by atoms with E-state index < -0.39 is 11.5 Å². The molecule has 2 rings (SSSR count). The Balaban J connectivity index is 2.06. The first-order valence-electron chi connectivity index (χ1n) is 5.47. The minimum absolute atomic E-state index is 0.00491. The second-order valence-corrected chi connectivity index (χ2v) is 4.50. The second kappa shape index (κ2) is 3.93. The van der Waals surface area contributed by atoms with E-state index in [0.717, 1.165) is 0 Å². The van der Waals surface area contributed by atoms with Crippen molar-refractivity contribution in [2.45, 2.75) is 12.8 Å². The van der Waals surface area contributed by atoms with E-state index in [1.54, 1.807) is 4.90 Å². The molecule has 6 nitrogen and oxygen atoms in total. The van der Waals surface area contributed by atoms with Gasteiger partial charge in [0.05, 0.1) is 12.0 Å². The largest absolute Gasteiger partial charge is 0.465 e. The Kier molecular flexibility index (Phi) is 2.75. The van der Waals surface area contributed by atoms with Crippen LogP contribution < -0.4 is 0 Å². The van der Waals surface area contributed by atoms with Crippen LogP contribution in [0.2, 0.25) is 0 Å². The predicted molar refractivity (Wildman–Crippen MR) is 54.9 cm³/mol. The van der Waals surface area contributed by atoms with Crippen LogP contribution in [-0.2, 0) is 4.79 Å². The van der Waals surface area contributed by atoms with Crippen molar-refractivity contribution in [2.75, 3.05) is 32.8 Å². The Morgan fingerprint density at radius 1 is 1.38 bits per heavy atom. The van der Waals surface area contributed by atoms with E-state index in [4.69, 9.17) is 10.2 Å². The van der Waals surface area contributed by atoms with E-state index in [-0.39, 0.29) is 12.5 Å². The zero-order valence-corrected chi connectivity index (χ0v) is 9.06. The molecule has 2 N–H and O–H groups in total. The fraction of sp³-hybridized carbons (Fsp3) is 0.800. The summed E-state index contributed by atoms with van der Waals surface area (Å²) in [4.78, 5) is 25.8. The molecule has 16 heavy (non-hydrogen) atoms. The standard InChI is InChI=1S/C10H16N2O4/c13-6-5-11-3-1-10(8(11)14)2-4-12(7-10)9(15)16/h13H,1-7H2,(H,15,16). The molecule has 1 atom stereocenters. The minimum Gasteiger partial charge on any atom is -0.465 e. The summed E-state index contributed by atoms with van der Waals surface area (Å²) < 4.78 is 0. The Bertz CT molecular complexity index is 320. The maximum Gasteiger partial charge on any atom is 0.407 e. The van der Waals surface area contributed by atoms with Gasteiger partial charge >= 0.3 is 6.09 Å². The van der Waals surface area contributed by atoms with Crippen molar-refractivity contribution in [3.8, 4) is 0 Å². The van der Waals surface area contributed by atoms with E-state index >= 15 is 0 Å². The van der Waals surface area contributed by atoms with E-state index in [0.29, 0.717) is 39.0 Å². The molecule has 1 unspecified atom stereocenters. The van der Waals surface area contributed by atoms with E-state index in [1.807, 2.05) is 0 Å². The van der Waals surface area contributed by atoms with Gasteiger partial charge in [0.1, 0.15) is 0 Å². The molecule has 0 radical (unpaired) electrons. The number of carbonyl (C=O) groups is 2. The smallest absolute Gasteiger partial charge is 0.407 e. The monoisotopic (exact) mass is 228 g/mol.